The van der Waals surface area contributed by atoms with E-state index in [-0.39, 0.29) is 24.2 Å². The van der Waals surface area contributed by atoms with E-state index in [1.165, 1.54) is 0 Å². The first kappa shape index (κ1) is 22.3. The molecular weight excluding hydrogens is 352 g/mol. The summed E-state index contributed by atoms with van der Waals surface area (Å²) in [6.45, 7) is 6.21. The van der Waals surface area contributed by atoms with Gasteiger partial charge in [-0.1, -0.05) is 18.9 Å². The molecule has 26 heavy (non-hydrogen) atoms. The molecule has 2 unspecified atom stereocenters. The smallest absolute Gasteiger partial charge is 0.225 e. The lowest BCUT2D eigenvalue weighted by molar-refractivity contribution is -0.128. The molecule has 0 bridgehead atoms. The lowest BCUT2D eigenvalue weighted by Crippen LogP contribution is -2.52. The van der Waals surface area contributed by atoms with Crippen molar-refractivity contribution in [3.8, 4) is 11.5 Å². The molecule has 0 heterocycles. The second-order valence-electron chi connectivity index (χ2n) is 7.01. The van der Waals surface area contributed by atoms with Gasteiger partial charge in [0.05, 0.1) is 20.1 Å². The summed E-state index contributed by atoms with van der Waals surface area (Å²) in [5.41, 5.74) is 7.87. The van der Waals surface area contributed by atoms with E-state index in [1.54, 1.807) is 14.2 Å². The Morgan fingerprint density at radius 1 is 1.38 bits per heavy atom. The number of allylic oxidation sites excluding steroid dienone is 1. The first-order chi connectivity index (χ1) is 11.9. The maximum atomic E-state index is 12.6. The molecule has 6 heteroatoms. The molecule has 0 spiro atoms. The summed E-state index contributed by atoms with van der Waals surface area (Å²) in [6, 6.07) is 3.92. The van der Waals surface area contributed by atoms with Crippen LogP contribution in [0.25, 0.3) is 0 Å². The fraction of sp³-hybridized carbons (Fsp3) is 0.550. The SMILES string of the molecule is C=CCc1cc(CNC(=O)C2CCCCC2(C)N)cc(OC)c1OC.Cl. The molecule has 1 aliphatic rings. The molecule has 1 aromatic carbocycles. The number of ether oxygens (including phenoxy) is 2. The Hall–Kier alpha value is -1.72. The minimum absolute atomic E-state index is 0. The summed E-state index contributed by atoms with van der Waals surface area (Å²) < 4.78 is 10.9. The second-order valence-corrected chi connectivity index (χ2v) is 7.01. The van der Waals surface area contributed by atoms with Gasteiger partial charge in [0.2, 0.25) is 5.91 Å². The summed E-state index contributed by atoms with van der Waals surface area (Å²) >= 11 is 0. The number of halogens is 1. The van der Waals surface area contributed by atoms with Crippen molar-refractivity contribution in [2.75, 3.05) is 14.2 Å². The number of benzene rings is 1. The van der Waals surface area contributed by atoms with Crippen LogP contribution in [0, 0.1) is 5.92 Å². The monoisotopic (exact) mass is 382 g/mol. The van der Waals surface area contributed by atoms with Gasteiger partial charge >= 0.3 is 0 Å². The Morgan fingerprint density at radius 3 is 2.69 bits per heavy atom. The van der Waals surface area contributed by atoms with Crippen LogP contribution in [0.3, 0.4) is 0 Å². The highest BCUT2D eigenvalue weighted by Gasteiger charge is 2.37. The second kappa shape index (κ2) is 9.83. The van der Waals surface area contributed by atoms with Gasteiger partial charge in [-0.05, 0) is 43.9 Å². The van der Waals surface area contributed by atoms with Gasteiger partial charge in [0.15, 0.2) is 11.5 Å². The largest absolute Gasteiger partial charge is 0.493 e. The number of rotatable bonds is 7. The molecule has 5 nitrogen and oxygen atoms in total. The Bertz CT molecular complexity index is 632. The van der Waals surface area contributed by atoms with Crippen LogP contribution in [0.1, 0.15) is 43.7 Å². The van der Waals surface area contributed by atoms with E-state index in [0.29, 0.717) is 24.5 Å². The lowest BCUT2D eigenvalue weighted by atomic mass is 9.74. The van der Waals surface area contributed by atoms with Crippen molar-refractivity contribution in [3.05, 3.63) is 35.9 Å². The summed E-state index contributed by atoms with van der Waals surface area (Å²) in [4.78, 5) is 12.6. The van der Waals surface area contributed by atoms with Crippen LogP contribution in [0.2, 0.25) is 0 Å². The number of nitrogens with two attached hydrogens (primary N) is 1. The standard InChI is InChI=1S/C20H30N2O3.ClH/c1-5-8-15-11-14(12-17(24-3)18(15)25-4)13-22-19(23)16-9-6-7-10-20(16,2)21;/h5,11-12,16H,1,6-10,13,21H2,2-4H3,(H,22,23);1H. The number of methoxy groups -OCH3 is 2. The van der Waals surface area contributed by atoms with E-state index < -0.39 is 5.54 Å². The number of carbonyl (C=O) groups excluding carboxylic acids is 1. The van der Waals surface area contributed by atoms with Crippen LogP contribution in [0.4, 0.5) is 0 Å². The summed E-state index contributed by atoms with van der Waals surface area (Å²) in [6.07, 6.45) is 6.39. The van der Waals surface area contributed by atoms with Gasteiger partial charge in [0.25, 0.3) is 0 Å². The Morgan fingerprint density at radius 2 is 2.12 bits per heavy atom. The van der Waals surface area contributed by atoms with E-state index in [1.807, 2.05) is 25.1 Å². The average molecular weight is 383 g/mol. The maximum absolute atomic E-state index is 12.6. The Kier molecular flexibility index (Phi) is 8.44. The molecule has 146 valence electrons. The number of amides is 1. The highest BCUT2D eigenvalue weighted by Crippen LogP contribution is 2.34. The van der Waals surface area contributed by atoms with E-state index in [0.717, 1.165) is 36.8 Å². The molecule has 1 fully saturated rings. The molecule has 2 atom stereocenters. The minimum atomic E-state index is -0.423. The first-order valence-electron chi connectivity index (χ1n) is 8.84. The maximum Gasteiger partial charge on any atom is 0.225 e. The van der Waals surface area contributed by atoms with E-state index in [9.17, 15) is 4.79 Å². The predicted octanol–water partition coefficient (Wildman–Crippen LogP) is 3.38. The minimum Gasteiger partial charge on any atom is -0.493 e. The zero-order valence-corrected chi connectivity index (χ0v) is 16.8. The van der Waals surface area contributed by atoms with Gasteiger partial charge in [0.1, 0.15) is 0 Å². The highest BCUT2D eigenvalue weighted by molar-refractivity contribution is 5.85. The molecular formula is C20H31ClN2O3. The fourth-order valence-electron chi connectivity index (χ4n) is 3.62. The Balaban J connectivity index is 0.00000338. The van der Waals surface area contributed by atoms with Crippen molar-refractivity contribution < 1.29 is 14.3 Å². The molecule has 0 saturated heterocycles. The van der Waals surface area contributed by atoms with Crippen molar-refractivity contribution in [1.29, 1.82) is 0 Å². The van der Waals surface area contributed by atoms with Crippen LogP contribution in [-0.4, -0.2) is 25.7 Å². The van der Waals surface area contributed by atoms with Crippen LogP contribution >= 0.6 is 12.4 Å². The van der Waals surface area contributed by atoms with Gasteiger partial charge in [-0.2, -0.15) is 0 Å². The van der Waals surface area contributed by atoms with E-state index >= 15 is 0 Å². The van der Waals surface area contributed by atoms with Crippen molar-refractivity contribution in [3.63, 3.8) is 0 Å². The predicted molar refractivity (Wildman–Crippen MR) is 107 cm³/mol. The molecule has 0 aliphatic heterocycles. The van der Waals surface area contributed by atoms with Crippen molar-refractivity contribution in [2.45, 2.75) is 51.1 Å². The molecule has 1 aliphatic carbocycles. The number of hydrogen-bond donors (Lipinski definition) is 2. The van der Waals surface area contributed by atoms with Gasteiger partial charge in [-0.3, -0.25) is 4.79 Å². The molecule has 1 saturated carbocycles. The van der Waals surface area contributed by atoms with Gasteiger partial charge in [-0.25, -0.2) is 0 Å². The van der Waals surface area contributed by atoms with Crippen molar-refractivity contribution >= 4 is 18.3 Å². The van der Waals surface area contributed by atoms with E-state index in [2.05, 4.69) is 11.9 Å². The normalized spacial score (nSPS) is 22.1. The molecule has 0 radical (unpaired) electrons. The Labute approximate surface area is 162 Å². The van der Waals surface area contributed by atoms with E-state index in [4.69, 9.17) is 15.2 Å². The quantitative estimate of drug-likeness (QED) is 0.709. The fourth-order valence-corrected chi connectivity index (χ4v) is 3.62. The van der Waals surface area contributed by atoms with Gasteiger partial charge in [-0.15, -0.1) is 19.0 Å². The van der Waals surface area contributed by atoms with Crippen LogP contribution in [0.5, 0.6) is 11.5 Å². The van der Waals surface area contributed by atoms with Crippen LogP contribution < -0.4 is 20.5 Å². The zero-order chi connectivity index (χ0) is 18.4. The molecule has 3 N–H and O–H groups in total. The molecule has 2 rings (SSSR count). The first-order valence-corrected chi connectivity index (χ1v) is 8.84. The molecule has 1 amide bonds. The molecule has 0 aromatic heterocycles. The van der Waals surface area contributed by atoms with Gasteiger partial charge in [0, 0.05) is 17.6 Å². The number of nitrogens with one attached hydrogen (secondary N) is 1. The topological polar surface area (TPSA) is 73.6 Å². The lowest BCUT2D eigenvalue weighted by Gasteiger charge is -2.37. The third-order valence-electron chi connectivity index (χ3n) is 5.02. The third kappa shape index (κ3) is 5.15. The zero-order valence-electron chi connectivity index (χ0n) is 16.0. The number of hydrogen-bond acceptors (Lipinski definition) is 4. The van der Waals surface area contributed by atoms with Gasteiger partial charge < -0.3 is 20.5 Å². The van der Waals surface area contributed by atoms with Crippen molar-refractivity contribution in [1.82, 2.24) is 5.32 Å². The average Bonchev–Trinajstić information content (AvgIpc) is 2.59. The third-order valence-corrected chi connectivity index (χ3v) is 5.02. The number of carbonyl (C=O) groups is 1. The van der Waals surface area contributed by atoms with Crippen LogP contribution in [-0.2, 0) is 17.8 Å². The van der Waals surface area contributed by atoms with Crippen molar-refractivity contribution in [2.24, 2.45) is 11.7 Å². The summed E-state index contributed by atoms with van der Waals surface area (Å²) in [7, 11) is 3.23. The molecule has 1 aromatic rings. The summed E-state index contributed by atoms with van der Waals surface area (Å²) in [5.74, 6) is 1.27. The van der Waals surface area contributed by atoms with Crippen LogP contribution in [0.15, 0.2) is 24.8 Å². The highest BCUT2D eigenvalue weighted by atomic mass is 35.5. The summed E-state index contributed by atoms with van der Waals surface area (Å²) in [5, 5.41) is 3.04.